The van der Waals surface area contributed by atoms with Gasteiger partial charge in [0, 0.05) is 43.6 Å². The Morgan fingerprint density at radius 2 is 1.93 bits per heavy atom. The number of likely N-dealkylation sites (tertiary alicyclic amines) is 1. The number of urea groups is 1. The fourth-order valence-electron chi connectivity index (χ4n) is 3.96. The molecule has 1 saturated heterocycles. The molecule has 2 aliphatic heterocycles. The van der Waals surface area contributed by atoms with Gasteiger partial charge in [-0.2, -0.15) is 8.78 Å². The molecule has 2 aliphatic rings. The van der Waals surface area contributed by atoms with Crippen LogP contribution >= 0.6 is 15.9 Å². The second-order valence-corrected chi connectivity index (χ2v) is 8.34. The predicted molar refractivity (Wildman–Crippen MR) is 110 cm³/mol. The lowest BCUT2D eigenvalue weighted by Crippen LogP contribution is -2.52. The number of ether oxygens (including phenoxy) is 2. The van der Waals surface area contributed by atoms with E-state index in [0.29, 0.717) is 43.8 Å². The maximum Gasteiger partial charge on any atom is 0.387 e. The summed E-state index contributed by atoms with van der Waals surface area (Å²) in [6.45, 7) is -1.94. The lowest BCUT2D eigenvalue weighted by Gasteiger charge is -2.46. The molecule has 0 radical (unpaired) electrons. The summed E-state index contributed by atoms with van der Waals surface area (Å²) in [6.07, 6.45) is 1.07. The number of carbonyl (C=O) groups is 1. The number of amides is 2. The van der Waals surface area contributed by atoms with Crippen LogP contribution in [0.5, 0.6) is 11.5 Å². The first-order valence-corrected chi connectivity index (χ1v) is 10.4. The van der Waals surface area contributed by atoms with Gasteiger partial charge < -0.3 is 24.8 Å². The quantitative estimate of drug-likeness (QED) is 0.650. The van der Waals surface area contributed by atoms with Crippen LogP contribution in [0, 0.1) is 0 Å². The van der Waals surface area contributed by atoms with Crippen LogP contribution in [0.15, 0.2) is 46.9 Å². The van der Waals surface area contributed by atoms with E-state index in [1.165, 1.54) is 24.3 Å². The summed E-state index contributed by atoms with van der Waals surface area (Å²) in [5.41, 5.74) is 0.750. The molecule has 2 aromatic carbocycles. The maximum absolute atomic E-state index is 12.6. The van der Waals surface area contributed by atoms with Crippen molar-refractivity contribution in [1.29, 1.82) is 0 Å². The molecule has 160 valence electrons. The van der Waals surface area contributed by atoms with Crippen LogP contribution < -0.4 is 14.8 Å². The van der Waals surface area contributed by atoms with Crippen LogP contribution in [0.3, 0.4) is 0 Å². The molecule has 0 aliphatic carbocycles. The molecule has 0 aromatic heterocycles. The van der Waals surface area contributed by atoms with Crippen molar-refractivity contribution in [1.82, 2.24) is 4.90 Å². The molecular weight excluding hydrogens is 462 g/mol. The molecule has 1 unspecified atom stereocenters. The molecule has 2 aromatic rings. The fraction of sp³-hybridized carbons (Fsp3) is 0.381. The van der Waals surface area contributed by atoms with Gasteiger partial charge in [0.05, 0.1) is 10.6 Å². The normalized spacial score (nSPS) is 19.9. The van der Waals surface area contributed by atoms with Crippen molar-refractivity contribution in [3.63, 3.8) is 0 Å². The minimum atomic E-state index is -2.89. The van der Waals surface area contributed by atoms with Crippen molar-refractivity contribution < 1.29 is 28.2 Å². The highest BCUT2D eigenvalue weighted by molar-refractivity contribution is 9.10. The van der Waals surface area contributed by atoms with E-state index in [1.54, 1.807) is 4.90 Å². The second kappa shape index (κ2) is 8.39. The van der Waals surface area contributed by atoms with Crippen molar-refractivity contribution in [2.24, 2.45) is 0 Å². The van der Waals surface area contributed by atoms with Crippen molar-refractivity contribution in [3.05, 3.63) is 52.5 Å². The smallest absolute Gasteiger partial charge is 0.387 e. The molecule has 4 rings (SSSR count). The third-order valence-corrected chi connectivity index (χ3v) is 6.16. The Labute approximate surface area is 180 Å². The predicted octanol–water partition coefficient (Wildman–Crippen LogP) is 4.93. The molecule has 30 heavy (non-hydrogen) atoms. The lowest BCUT2D eigenvalue weighted by molar-refractivity contribution is -0.0500. The van der Waals surface area contributed by atoms with E-state index in [-0.39, 0.29) is 11.8 Å². The molecule has 2 N–H and O–H groups in total. The van der Waals surface area contributed by atoms with E-state index in [1.807, 2.05) is 18.2 Å². The maximum atomic E-state index is 12.6. The topological polar surface area (TPSA) is 71.0 Å². The van der Waals surface area contributed by atoms with Gasteiger partial charge in [-0.25, -0.2) is 4.79 Å². The summed E-state index contributed by atoms with van der Waals surface area (Å²) in [5.74, 6) is 0.697. The van der Waals surface area contributed by atoms with Crippen molar-refractivity contribution in [3.8, 4) is 11.5 Å². The summed E-state index contributed by atoms with van der Waals surface area (Å²) in [4.78, 5) is 14.3. The second-order valence-electron chi connectivity index (χ2n) is 7.48. The van der Waals surface area contributed by atoms with E-state index in [2.05, 4.69) is 26.0 Å². The number of aliphatic hydroxyl groups is 1. The number of carbonyl (C=O) groups excluding carboxylic acids is 1. The van der Waals surface area contributed by atoms with Gasteiger partial charge >= 0.3 is 12.6 Å². The molecular formula is C21H21BrF2N2O4. The first-order chi connectivity index (χ1) is 14.3. The number of nitrogens with zero attached hydrogens (tertiary/aromatic N) is 1. The van der Waals surface area contributed by atoms with Crippen LogP contribution in [0.2, 0.25) is 0 Å². The number of aliphatic hydroxyl groups excluding tert-OH is 1. The number of para-hydroxylation sites is 1. The molecule has 2 heterocycles. The van der Waals surface area contributed by atoms with E-state index >= 15 is 0 Å². The third kappa shape index (κ3) is 4.37. The van der Waals surface area contributed by atoms with E-state index in [4.69, 9.17) is 4.74 Å². The monoisotopic (exact) mass is 482 g/mol. The molecule has 9 heteroatoms. The lowest BCUT2D eigenvalue weighted by atomic mass is 9.82. The number of fused-ring (bicyclic) bond motifs is 1. The third-order valence-electron chi connectivity index (χ3n) is 5.53. The van der Waals surface area contributed by atoms with Gasteiger partial charge in [-0.1, -0.05) is 12.1 Å². The molecule has 6 nitrogen and oxygen atoms in total. The minimum absolute atomic E-state index is 0.0300. The standard InChI is InChI=1S/C21H21BrF2N2O4/c22-16-3-1-2-15-17(27)12-21(30-18(15)16)8-10-26(11-9-21)20(28)25-13-4-6-14(7-5-13)29-19(23)24/h1-7,17,19,27H,8-12H2,(H,25,28). The van der Waals surface area contributed by atoms with Gasteiger partial charge in [-0.15, -0.1) is 0 Å². The number of anilines is 1. The van der Waals surface area contributed by atoms with Gasteiger partial charge in [-0.05, 0) is 46.3 Å². The number of rotatable bonds is 3. The summed E-state index contributed by atoms with van der Waals surface area (Å²) in [7, 11) is 0. The van der Waals surface area contributed by atoms with Gasteiger partial charge in [0.15, 0.2) is 0 Å². The Kier molecular flexibility index (Phi) is 5.84. The van der Waals surface area contributed by atoms with Gasteiger partial charge in [0.25, 0.3) is 0 Å². The average Bonchev–Trinajstić information content (AvgIpc) is 2.70. The zero-order valence-corrected chi connectivity index (χ0v) is 17.6. The zero-order valence-electron chi connectivity index (χ0n) is 16.0. The highest BCUT2D eigenvalue weighted by atomic mass is 79.9. The molecule has 0 bridgehead atoms. The Hall–Kier alpha value is -2.39. The molecule has 1 fully saturated rings. The highest BCUT2D eigenvalue weighted by Crippen LogP contribution is 2.47. The Morgan fingerprint density at radius 1 is 1.23 bits per heavy atom. The Balaban J connectivity index is 1.36. The first kappa shape index (κ1) is 20.9. The number of hydrogen-bond acceptors (Lipinski definition) is 4. The van der Waals surface area contributed by atoms with Gasteiger partial charge in [-0.3, -0.25) is 0 Å². The van der Waals surface area contributed by atoms with Crippen LogP contribution in [0.25, 0.3) is 0 Å². The Morgan fingerprint density at radius 3 is 2.60 bits per heavy atom. The largest absolute Gasteiger partial charge is 0.485 e. The van der Waals surface area contributed by atoms with Crippen LogP contribution in [0.1, 0.15) is 30.9 Å². The van der Waals surface area contributed by atoms with Gasteiger partial charge in [0.1, 0.15) is 17.1 Å². The molecule has 2 amide bonds. The van der Waals surface area contributed by atoms with Crippen LogP contribution in [-0.2, 0) is 0 Å². The number of benzene rings is 2. The SMILES string of the molecule is O=C(Nc1ccc(OC(F)F)cc1)N1CCC2(CC1)CC(O)c1cccc(Br)c1O2. The molecule has 1 atom stereocenters. The van der Waals surface area contributed by atoms with Crippen molar-refractivity contribution in [2.75, 3.05) is 18.4 Å². The van der Waals surface area contributed by atoms with Crippen LogP contribution in [0.4, 0.5) is 19.3 Å². The summed E-state index contributed by atoms with van der Waals surface area (Å²) in [5, 5.41) is 13.4. The van der Waals surface area contributed by atoms with E-state index < -0.39 is 18.3 Å². The summed E-state index contributed by atoms with van der Waals surface area (Å²) >= 11 is 3.49. The first-order valence-electron chi connectivity index (χ1n) is 9.61. The Bertz CT molecular complexity index is 918. The van der Waals surface area contributed by atoms with Crippen molar-refractivity contribution in [2.45, 2.75) is 37.6 Å². The fourth-order valence-corrected chi connectivity index (χ4v) is 4.42. The number of hydrogen-bond donors (Lipinski definition) is 2. The van der Waals surface area contributed by atoms with Crippen molar-refractivity contribution >= 4 is 27.6 Å². The number of nitrogens with one attached hydrogen (secondary N) is 1. The number of halogens is 3. The highest BCUT2D eigenvalue weighted by Gasteiger charge is 2.44. The van der Waals surface area contributed by atoms with Gasteiger partial charge in [0.2, 0.25) is 0 Å². The number of alkyl halides is 2. The number of piperidine rings is 1. The minimum Gasteiger partial charge on any atom is -0.485 e. The van der Waals surface area contributed by atoms with Crippen LogP contribution in [-0.4, -0.2) is 41.3 Å². The van der Waals surface area contributed by atoms with E-state index in [9.17, 15) is 18.7 Å². The average molecular weight is 483 g/mol. The van der Waals surface area contributed by atoms with E-state index in [0.717, 1.165) is 10.0 Å². The zero-order chi connectivity index (χ0) is 21.3. The molecule has 1 spiro atoms. The summed E-state index contributed by atoms with van der Waals surface area (Å²) < 4.78 is 35.9. The molecule has 0 saturated carbocycles. The summed E-state index contributed by atoms with van der Waals surface area (Å²) in [6, 6.07) is 11.1.